The number of carbonyl (C=O) groups excluding carboxylic acids is 3. The van der Waals surface area contributed by atoms with Crippen molar-refractivity contribution in [2.24, 2.45) is 0 Å². The van der Waals surface area contributed by atoms with Gasteiger partial charge in [-0.2, -0.15) is 0 Å². The van der Waals surface area contributed by atoms with Gasteiger partial charge < -0.3 is 19.2 Å². The molecule has 1 heterocycles. The lowest BCUT2D eigenvalue weighted by atomic mass is 9.95. The molecule has 1 fully saturated rings. The second-order valence-corrected chi connectivity index (χ2v) is 11.5. The number of esters is 2. The van der Waals surface area contributed by atoms with Crippen molar-refractivity contribution in [2.75, 3.05) is 19.5 Å². The van der Waals surface area contributed by atoms with Crippen molar-refractivity contribution in [2.45, 2.75) is 51.2 Å². The Morgan fingerprint density at radius 1 is 0.971 bits per heavy atom. The lowest BCUT2D eigenvalue weighted by molar-refractivity contribution is 0.0558. The van der Waals surface area contributed by atoms with E-state index in [0.717, 1.165) is 48.3 Å². The first-order chi connectivity index (χ1) is 16.9. The first-order valence-electron chi connectivity index (χ1n) is 11.8. The number of rotatable bonds is 7. The smallest absolute Gasteiger partial charge is 0.344 e. The molecule has 1 aromatic rings. The number of hydrogen-bond acceptors (Lipinski definition) is 7. The maximum Gasteiger partial charge on any atom is 0.344 e. The highest BCUT2D eigenvalue weighted by Gasteiger charge is 2.37. The maximum absolute atomic E-state index is 13.1. The first kappa shape index (κ1) is 24.7. The molecule has 0 unspecified atom stereocenters. The molecule has 0 saturated heterocycles. The molecule has 35 heavy (non-hydrogen) atoms. The van der Waals surface area contributed by atoms with Gasteiger partial charge >= 0.3 is 11.9 Å². The summed E-state index contributed by atoms with van der Waals surface area (Å²) in [6.45, 7) is 4.16. The molecule has 8 heteroatoms. The van der Waals surface area contributed by atoms with Gasteiger partial charge in [-0.3, -0.25) is 4.79 Å². The van der Waals surface area contributed by atoms with Crippen LogP contribution in [0.15, 0.2) is 34.7 Å². The number of aldehydes is 1. The fourth-order valence-corrected chi connectivity index (χ4v) is 6.50. The molecular weight excluding hydrogens is 462 g/mol. The van der Waals surface area contributed by atoms with Gasteiger partial charge in [-0.25, -0.2) is 9.59 Å². The number of nitrogens with one attached hydrogen (secondary N) is 1. The van der Waals surface area contributed by atoms with Gasteiger partial charge in [0.25, 0.3) is 0 Å². The molecule has 0 bridgehead atoms. The van der Waals surface area contributed by atoms with Crippen LogP contribution in [-0.4, -0.2) is 47.3 Å². The Labute approximate surface area is 206 Å². The van der Waals surface area contributed by atoms with Gasteiger partial charge in [0.2, 0.25) is 5.88 Å². The van der Waals surface area contributed by atoms with Gasteiger partial charge in [0.05, 0.1) is 23.0 Å². The van der Waals surface area contributed by atoms with Gasteiger partial charge in [-0.15, -0.1) is 0 Å². The highest BCUT2D eigenvalue weighted by Crippen LogP contribution is 2.43. The predicted octanol–water partition coefficient (Wildman–Crippen LogP) is 5.14. The molecular formula is C27H30NO6Si. The Bertz CT molecular complexity index is 1220. The van der Waals surface area contributed by atoms with Crippen LogP contribution in [0.5, 0.6) is 0 Å². The summed E-state index contributed by atoms with van der Waals surface area (Å²) in [5.41, 5.74) is 2.82. The Balaban J connectivity index is 2.05. The SMILES string of the molecule is COC(=O)c1c(NC2CCCCC2)oc(-c2c3cccccc-3c(C=O)c2[Si](C)C)c1C(=O)OC. The maximum atomic E-state index is 13.1. The van der Waals surface area contributed by atoms with Crippen molar-refractivity contribution in [3.05, 3.63) is 47.0 Å². The van der Waals surface area contributed by atoms with Crippen LogP contribution in [0.1, 0.15) is 63.2 Å². The van der Waals surface area contributed by atoms with Gasteiger partial charge in [0.1, 0.15) is 11.1 Å². The zero-order valence-electron chi connectivity index (χ0n) is 20.5. The molecule has 1 radical (unpaired) electrons. The Morgan fingerprint density at radius 2 is 1.60 bits per heavy atom. The van der Waals surface area contributed by atoms with Crippen LogP contribution in [0.2, 0.25) is 13.1 Å². The standard InChI is InChI=1S/C27H30NO6Si/c1-32-26(30)21-22(27(31)33-2)25(28-16-11-7-5-8-12-16)34-23(21)20-18-14-10-6-9-13-17(18)19(15-29)24(20)35(3)4/h6,9-10,13-16,28H,5,7-8,11-12H2,1-4H3. The number of furan rings is 1. The summed E-state index contributed by atoms with van der Waals surface area (Å²) in [6, 6.07) is 9.54. The Morgan fingerprint density at radius 3 is 2.20 bits per heavy atom. The van der Waals surface area contributed by atoms with Gasteiger partial charge in [0, 0.05) is 17.2 Å². The molecule has 1 aromatic heterocycles. The summed E-state index contributed by atoms with van der Waals surface area (Å²) < 4.78 is 16.5. The molecule has 7 nitrogen and oxygen atoms in total. The van der Waals surface area contributed by atoms with E-state index in [-0.39, 0.29) is 28.8 Å². The summed E-state index contributed by atoms with van der Waals surface area (Å²) in [6.07, 6.45) is 6.08. The monoisotopic (exact) mass is 492 g/mol. The molecule has 3 aliphatic rings. The molecule has 0 spiro atoms. The van der Waals surface area contributed by atoms with E-state index in [9.17, 15) is 14.4 Å². The van der Waals surface area contributed by atoms with Crippen LogP contribution in [0.4, 0.5) is 5.88 Å². The van der Waals surface area contributed by atoms with Crippen LogP contribution in [0, 0.1) is 0 Å². The average Bonchev–Trinajstić information content (AvgIpc) is 3.27. The summed E-state index contributed by atoms with van der Waals surface area (Å²) in [5, 5.41) is 4.21. The third kappa shape index (κ3) is 4.50. The summed E-state index contributed by atoms with van der Waals surface area (Å²) in [7, 11) is 1.34. The number of methoxy groups -OCH3 is 2. The van der Waals surface area contributed by atoms with Crippen LogP contribution in [0.25, 0.3) is 22.5 Å². The van der Waals surface area contributed by atoms with E-state index in [2.05, 4.69) is 18.4 Å². The Hall–Kier alpha value is -3.39. The zero-order chi connectivity index (χ0) is 25.1. The van der Waals surface area contributed by atoms with E-state index in [1.54, 1.807) is 0 Å². The summed E-state index contributed by atoms with van der Waals surface area (Å²) >= 11 is 0. The largest absolute Gasteiger partial charge is 0.465 e. The quantitative estimate of drug-likeness (QED) is 0.277. The van der Waals surface area contributed by atoms with Gasteiger partial charge in [0.15, 0.2) is 12.0 Å². The summed E-state index contributed by atoms with van der Waals surface area (Å²) in [5.74, 6) is -0.958. The van der Waals surface area contributed by atoms with Crippen molar-refractivity contribution >= 4 is 38.1 Å². The van der Waals surface area contributed by atoms with Crippen molar-refractivity contribution in [1.29, 1.82) is 0 Å². The third-order valence-electron chi connectivity index (χ3n) is 6.59. The first-order valence-corrected chi connectivity index (χ1v) is 14.3. The molecule has 4 rings (SSSR count). The number of hydrogen-bond donors (Lipinski definition) is 1. The molecule has 0 aromatic carbocycles. The van der Waals surface area contributed by atoms with E-state index in [0.29, 0.717) is 11.1 Å². The van der Waals surface area contributed by atoms with Crippen molar-refractivity contribution < 1.29 is 28.3 Å². The number of ether oxygens (including phenoxy) is 2. The lowest BCUT2D eigenvalue weighted by Crippen LogP contribution is -2.26. The molecule has 0 amide bonds. The second-order valence-electron chi connectivity index (χ2n) is 8.99. The number of fused-ring (bicyclic) bond motifs is 1. The average molecular weight is 493 g/mol. The summed E-state index contributed by atoms with van der Waals surface area (Å²) in [4.78, 5) is 38.4. The minimum absolute atomic E-state index is 0.0121. The van der Waals surface area contributed by atoms with Crippen LogP contribution >= 0.6 is 0 Å². The van der Waals surface area contributed by atoms with E-state index in [1.807, 2.05) is 30.3 Å². The van der Waals surface area contributed by atoms with Gasteiger partial charge in [-0.1, -0.05) is 62.7 Å². The minimum atomic E-state index is -1.20. The highest BCUT2D eigenvalue weighted by molar-refractivity contribution is 6.74. The molecule has 0 atom stereocenters. The van der Waals surface area contributed by atoms with E-state index >= 15 is 0 Å². The van der Waals surface area contributed by atoms with Crippen LogP contribution < -0.4 is 10.5 Å². The van der Waals surface area contributed by atoms with E-state index in [1.165, 1.54) is 20.6 Å². The molecule has 0 aliphatic heterocycles. The number of carbonyl (C=O) groups is 3. The molecule has 183 valence electrons. The second kappa shape index (κ2) is 10.5. The van der Waals surface area contributed by atoms with Crippen molar-refractivity contribution in [3.63, 3.8) is 0 Å². The van der Waals surface area contributed by atoms with Crippen molar-refractivity contribution in [1.82, 2.24) is 0 Å². The lowest BCUT2D eigenvalue weighted by Gasteiger charge is -2.22. The zero-order valence-corrected chi connectivity index (χ0v) is 21.5. The molecule has 1 saturated carbocycles. The Kier molecular flexibility index (Phi) is 7.40. The molecule has 3 aliphatic carbocycles. The van der Waals surface area contributed by atoms with Crippen LogP contribution in [-0.2, 0) is 9.47 Å². The van der Waals surface area contributed by atoms with Crippen molar-refractivity contribution in [3.8, 4) is 22.5 Å². The van der Waals surface area contributed by atoms with Gasteiger partial charge in [-0.05, 0) is 29.2 Å². The fraction of sp³-hybridized carbons (Fsp3) is 0.370. The molecule has 1 N–H and O–H groups in total. The predicted molar refractivity (Wildman–Crippen MR) is 136 cm³/mol. The minimum Gasteiger partial charge on any atom is -0.465 e. The van der Waals surface area contributed by atoms with E-state index < -0.39 is 20.7 Å². The normalized spacial score (nSPS) is 14.2. The number of anilines is 1. The van der Waals surface area contributed by atoms with Crippen LogP contribution in [0.3, 0.4) is 0 Å². The fourth-order valence-electron chi connectivity index (χ4n) is 5.02. The third-order valence-corrected chi connectivity index (χ3v) is 8.11. The highest BCUT2D eigenvalue weighted by atomic mass is 28.3. The van der Waals surface area contributed by atoms with E-state index in [4.69, 9.17) is 13.9 Å². The topological polar surface area (TPSA) is 94.8 Å².